The Morgan fingerprint density at radius 1 is 1.10 bits per heavy atom. The lowest BCUT2D eigenvalue weighted by Gasteiger charge is -2.24. The summed E-state index contributed by atoms with van der Waals surface area (Å²) in [6, 6.07) is 11.4. The number of aryl methyl sites for hydroxylation is 2. The molecule has 9 heteroatoms. The van der Waals surface area contributed by atoms with Gasteiger partial charge in [-0.2, -0.15) is 4.31 Å². The number of amides is 2. The molecule has 2 aromatic carbocycles. The third kappa shape index (κ3) is 5.23. The van der Waals surface area contributed by atoms with Crippen molar-refractivity contribution in [2.24, 2.45) is 0 Å². The van der Waals surface area contributed by atoms with Crippen LogP contribution < -0.4 is 15.4 Å². The number of anilines is 1. The van der Waals surface area contributed by atoms with Gasteiger partial charge in [0.05, 0.1) is 12.0 Å². The maximum absolute atomic E-state index is 13.0. The van der Waals surface area contributed by atoms with Crippen LogP contribution in [0.4, 0.5) is 5.69 Å². The average Bonchev–Trinajstić information content (AvgIpc) is 3.24. The van der Waals surface area contributed by atoms with Crippen LogP contribution in [0.15, 0.2) is 47.4 Å². The molecule has 8 nitrogen and oxygen atoms in total. The van der Waals surface area contributed by atoms with Gasteiger partial charge in [-0.15, -0.1) is 0 Å². The second-order valence-corrected chi connectivity index (χ2v) is 9.46. The number of nitrogens with zero attached hydrogens (tertiary/aromatic N) is 1. The molecule has 1 heterocycles. The van der Waals surface area contributed by atoms with Gasteiger partial charge in [0.2, 0.25) is 10.0 Å². The summed E-state index contributed by atoms with van der Waals surface area (Å²) in [5.74, 6) is -1.01. The molecule has 2 N–H and O–H groups in total. The van der Waals surface area contributed by atoms with Crippen molar-refractivity contribution in [3.63, 3.8) is 0 Å². The van der Waals surface area contributed by atoms with Gasteiger partial charge in [-0.3, -0.25) is 9.59 Å². The fraction of sp³-hybridized carbons (Fsp3) is 0.364. The standard InChI is InChI=1S/C22H27N3O5S/c1-15-6-7-16(2)20(13-15)24-22(27)21(26)23-14-17-5-4-12-25(17)31(28,29)19-10-8-18(30-3)9-11-19/h6-11,13,17H,4-5,12,14H2,1-3H3,(H,23,26)(H,24,27). The Labute approximate surface area is 182 Å². The predicted molar refractivity (Wildman–Crippen MR) is 117 cm³/mol. The normalized spacial score (nSPS) is 16.7. The van der Waals surface area contributed by atoms with Gasteiger partial charge in [0.25, 0.3) is 0 Å². The first-order chi connectivity index (χ1) is 14.7. The first-order valence-electron chi connectivity index (χ1n) is 10.0. The summed E-state index contributed by atoms with van der Waals surface area (Å²) in [5, 5.41) is 5.18. The topological polar surface area (TPSA) is 105 Å². The lowest BCUT2D eigenvalue weighted by molar-refractivity contribution is -0.136. The molecule has 1 unspecified atom stereocenters. The van der Waals surface area contributed by atoms with E-state index in [9.17, 15) is 18.0 Å². The van der Waals surface area contributed by atoms with E-state index in [2.05, 4.69) is 10.6 Å². The van der Waals surface area contributed by atoms with Gasteiger partial charge in [0, 0.05) is 24.8 Å². The van der Waals surface area contributed by atoms with Crippen LogP contribution in [-0.4, -0.2) is 50.8 Å². The summed E-state index contributed by atoms with van der Waals surface area (Å²) >= 11 is 0. The van der Waals surface area contributed by atoms with E-state index in [0.29, 0.717) is 30.8 Å². The molecule has 3 rings (SSSR count). The Morgan fingerprint density at radius 3 is 2.48 bits per heavy atom. The molecule has 1 aliphatic rings. The molecule has 1 aliphatic heterocycles. The number of hydrogen-bond donors (Lipinski definition) is 2. The summed E-state index contributed by atoms with van der Waals surface area (Å²) in [4.78, 5) is 24.7. The molecule has 0 saturated carbocycles. The zero-order chi connectivity index (χ0) is 22.6. The van der Waals surface area contributed by atoms with Crippen LogP contribution in [0.2, 0.25) is 0 Å². The minimum Gasteiger partial charge on any atom is -0.497 e. The maximum atomic E-state index is 13.0. The second-order valence-electron chi connectivity index (χ2n) is 7.57. The molecule has 2 amide bonds. The Bertz CT molecular complexity index is 1070. The second kappa shape index (κ2) is 9.49. The van der Waals surface area contributed by atoms with E-state index in [0.717, 1.165) is 11.1 Å². The van der Waals surface area contributed by atoms with Crippen LogP contribution in [0, 0.1) is 13.8 Å². The van der Waals surface area contributed by atoms with E-state index in [1.165, 1.54) is 23.5 Å². The van der Waals surface area contributed by atoms with E-state index in [-0.39, 0.29) is 11.4 Å². The molecule has 0 aromatic heterocycles. The SMILES string of the molecule is COc1ccc(S(=O)(=O)N2CCCC2CNC(=O)C(=O)Nc2cc(C)ccc2C)cc1. The number of ether oxygens (including phenoxy) is 1. The fourth-order valence-electron chi connectivity index (χ4n) is 3.55. The number of methoxy groups -OCH3 is 1. The molecule has 2 aromatic rings. The lowest BCUT2D eigenvalue weighted by Crippen LogP contribution is -2.45. The number of benzene rings is 2. The van der Waals surface area contributed by atoms with Crippen molar-refractivity contribution in [3.8, 4) is 5.75 Å². The molecule has 1 fully saturated rings. The molecule has 1 atom stereocenters. The summed E-state index contributed by atoms with van der Waals surface area (Å²) < 4.78 is 32.5. The minimum absolute atomic E-state index is 0.0639. The predicted octanol–water partition coefficient (Wildman–Crippen LogP) is 2.22. The number of hydrogen-bond acceptors (Lipinski definition) is 5. The van der Waals surface area contributed by atoms with Gasteiger partial charge in [0.1, 0.15) is 5.75 Å². The van der Waals surface area contributed by atoms with E-state index in [1.807, 2.05) is 26.0 Å². The zero-order valence-corrected chi connectivity index (χ0v) is 18.7. The van der Waals surface area contributed by atoms with Gasteiger partial charge in [-0.1, -0.05) is 12.1 Å². The molecule has 0 spiro atoms. The van der Waals surface area contributed by atoms with Crippen molar-refractivity contribution in [3.05, 3.63) is 53.6 Å². The van der Waals surface area contributed by atoms with Crippen LogP contribution >= 0.6 is 0 Å². The highest BCUT2D eigenvalue weighted by atomic mass is 32.2. The van der Waals surface area contributed by atoms with Crippen molar-refractivity contribution in [1.82, 2.24) is 9.62 Å². The van der Waals surface area contributed by atoms with E-state index in [1.54, 1.807) is 18.2 Å². The highest BCUT2D eigenvalue weighted by molar-refractivity contribution is 7.89. The third-order valence-corrected chi connectivity index (χ3v) is 7.30. The highest BCUT2D eigenvalue weighted by Gasteiger charge is 2.35. The molecular weight excluding hydrogens is 418 g/mol. The van der Waals surface area contributed by atoms with Crippen molar-refractivity contribution in [2.75, 3.05) is 25.5 Å². The van der Waals surface area contributed by atoms with Gasteiger partial charge < -0.3 is 15.4 Å². The Balaban J connectivity index is 1.63. The zero-order valence-electron chi connectivity index (χ0n) is 17.8. The van der Waals surface area contributed by atoms with Crippen molar-refractivity contribution in [2.45, 2.75) is 37.6 Å². The smallest absolute Gasteiger partial charge is 0.313 e. The Morgan fingerprint density at radius 2 is 1.81 bits per heavy atom. The molecule has 166 valence electrons. The quantitative estimate of drug-likeness (QED) is 0.664. The van der Waals surface area contributed by atoms with E-state index in [4.69, 9.17) is 4.74 Å². The van der Waals surface area contributed by atoms with Crippen LogP contribution in [0.5, 0.6) is 5.75 Å². The van der Waals surface area contributed by atoms with Crippen LogP contribution in [0.3, 0.4) is 0 Å². The number of nitrogens with one attached hydrogen (secondary N) is 2. The van der Waals surface area contributed by atoms with E-state index >= 15 is 0 Å². The Hall–Kier alpha value is -2.91. The highest BCUT2D eigenvalue weighted by Crippen LogP contribution is 2.27. The van der Waals surface area contributed by atoms with Gasteiger partial charge >= 0.3 is 11.8 Å². The number of carbonyl (C=O) groups is 2. The lowest BCUT2D eigenvalue weighted by atomic mass is 10.1. The molecule has 31 heavy (non-hydrogen) atoms. The molecular formula is C22H27N3O5S. The van der Waals surface area contributed by atoms with Crippen molar-refractivity contribution in [1.29, 1.82) is 0 Å². The third-order valence-electron chi connectivity index (χ3n) is 5.33. The van der Waals surface area contributed by atoms with Crippen LogP contribution in [0.25, 0.3) is 0 Å². The fourth-order valence-corrected chi connectivity index (χ4v) is 5.25. The van der Waals surface area contributed by atoms with E-state index < -0.39 is 27.9 Å². The first kappa shape index (κ1) is 22.8. The van der Waals surface area contributed by atoms with Gasteiger partial charge in [-0.05, 0) is 68.1 Å². The first-order valence-corrected chi connectivity index (χ1v) is 11.5. The van der Waals surface area contributed by atoms with Crippen LogP contribution in [-0.2, 0) is 19.6 Å². The minimum atomic E-state index is -3.71. The largest absolute Gasteiger partial charge is 0.497 e. The molecule has 1 saturated heterocycles. The van der Waals surface area contributed by atoms with Crippen LogP contribution in [0.1, 0.15) is 24.0 Å². The van der Waals surface area contributed by atoms with Crippen molar-refractivity contribution >= 4 is 27.5 Å². The molecule has 0 radical (unpaired) electrons. The average molecular weight is 446 g/mol. The number of rotatable bonds is 6. The number of sulfonamides is 1. The summed E-state index contributed by atoms with van der Waals surface area (Å²) in [7, 11) is -2.20. The monoisotopic (exact) mass is 445 g/mol. The summed E-state index contributed by atoms with van der Waals surface area (Å²) in [6.45, 7) is 4.17. The summed E-state index contributed by atoms with van der Waals surface area (Å²) in [6.07, 6.45) is 1.29. The molecule has 0 bridgehead atoms. The van der Waals surface area contributed by atoms with Gasteiger partial charge in [0.15, 0.2) is 0 Å². The van der Waals surface area contributed by atoms with Gasteiger partial charge in [-0.25, -0.2) is 8.42 Å². The number of carbonyl (C=O) groups excluding carboxylic acids is 2. The Kier molecular flexibility index (Phi) is 6.97. The summed E-state index contributed by atoms with van der Waals surface area (Å²) in [5.41, 5.74) is 2.38. The molecule has 0 aliphatic carbocycles. The van der Waals surface area contributed by atoms with Crippen molar-refractivity contribution < 1.29 is 22.7 Å². The maximum Gasteiger partial charge on any atom is 0.313 e.